The second kappa shape index (κ2) is 7.19. The Bertz CT molecular complexity index is 483. The number of amides is 2. The van der Waals surface area contributed by atoms with Crippen LogP contribution in [0.25, 0.3) is 0 Å². The van der Waals surface area contributed by atoms with Crippen LogP contribution < -0.4 is 11.1 Å². The molecule has 1 saturated heterocycles. The van der Waals surface area contributed by atoms with E-state index < -0.39 is 16.1 Å². The van der Waals surface area contributed by atoms with Crippen molar-refractivity contribution in [3.8, 4) is 0 Å². The molecule has 1 aliphatic rings. The smallest absolute Gasteiger partial charge is 0.242 e. The minimum Gasteiger partial charge on any atom is -0.346 e. The van der Waals surface area contributed by atoms with Gasteiger partial charge in [0.15, 0.2) is 0 Å². The highest BCUT2D eigenvalue weighted by atomic mass is 32.2. The van der Waals surface area contributed by atoms with E-state index in [2.05, 4.69) is 5.32 Å². The zero-order valence-corrected chi connectivity index (χ0v) is 13.5. The maximum atomic E-state index is 12.0. The first-order chi connectivity index (χ1) is 9.62. The largest absolute Gasteiger partial charge is 0.346 e. The van der Waals surface area contributed by atoms with Crippen LogP contribution in [0.3, 0.4) is 0 Å². The van der Waals surface area contributed by atoms with Crippen molar-refractivity contribution in [1.29, 1.82) is 0 Å². The number of rotatable bonds is 5. The SMILES string of the molecule is CC(C)[C@H](N)C(=O)NCC(=O)N1CCN(S(C)(=O)=O)CC1. The Morgan fingerprint density at radius 2 is 1.71 bits per heavy atom. The van der Waals surface area contributed by atoms with Crippen LogP contribution in [0.4, 0.5) is 0 Å². The van der Waals surface area contributed by atoms with Gasteiger partial charge in [0.2, 0.25) is 21.8 Å². The lowest BCUT2D eigenvalue weighted by atomic mass is 10.1. The summed E-state index contributed by atoms with van der Waals surface area (Å²) in [5.41, 5.74) is 5.68. The molecule has 1 rings (SSSR count). The third-order valence-corrected chi connectivity index (χ3v) is 4.80. The topological polar surface area (TPSA) is 113 Å². The average Bonchev–Trinajstić information content (AvgIpc) is 2.42. The van der Waals surface area contributed by atoms with Crippen LogP contribution in [0.5, 0.6) is 0 Å². The van der Waals surface area contributed by atoms with E-state index in [4.69, 9.17) is 5.73 Å². The lowest BCUT2D eigenvalue weighted by Gasteiger charge is -2.33. The highest BCUT2D eigenvalue weighted by Crippen LogP contribution is 2.06. The van der Waals surface area contributed by atoms with E-state index in [1.807, 2.05) is 13.8 Å². The Balaban J connectivity index is 2.40. The molecule has 8 nitrogen and oxygen atoms in total. The van der Waals surface area contributed by atoms with E-state index in [0.717, 1.165) is 6.26 Å². The molecule has 1 atom stereocenters. The Hall–Kier alpha value is -1.19. The molecular formula is C12H24N4O4S. The molecule has 122 valence electrons. The average molecular weight is 320 g/mol. The van der Waals surface area contributed by atoms with Crippen molar-refractivity contribution in [1.82, 2.24) is 14.5 Å². The first-order valence-electron chi connectivity index (χ1n) is 6.89. The van der Waals surface area contributed by atoms with Crippen molar-refractivity contribution in [2.24, 2.45) is 11.7 Å². The number of nitrogens with two attached hydrogens (primary N) is 1. The van der Waals surface area contributed by atoms with Gasteiger partial charge in [-0.05, 0) is 5.92 Å². The number of hydrogen-bond donors (Lipinski definition) is 2. The second-order valence-corrected chi connectivity index (χ2v) is 7.51. The van der Waals surface area contributed by atoms with Crippen molar-refractivity contribution in [2.75, 3.05) is 39.0 Å². The number of nitrogens with zero attached hydrogens (tertiary/aromatic N) is 2. The third kappa shape index (κ3) is 5.25. The Morgan fingerprint density at radius 3 is 2.14 bits per heavy atom. The molecule has 1 fully saturated rings. The summed E-state index contributed by atoms with van der Waals surface area (Å²) in [6.07, 6.45) is 1.15. The van der Waals surface area contributed by atoms with Gasteiger partial charge in [-0.3, -0.25) is 9.59 Å². The lowest BCUT2D eigenvalue weighted by Crippen LogP contribution is -2.53. The van der Waals surface area contributed by atoms with E-state index in [1.165, 1.54) is 4.31 Å². The van der Waals surface area contributed by atoms with Crippen LogP contribution in [0.15, 0.2) is 0 Å². The normalized spacial score (nSPS) is 18.6. The van der Waals surface area contributed by atoms with Crippen LogP contribution in [-0.2, 0) is 19.6 Å². The van der Waals surface area contributed by atoms with E-state index in [0.29, 0.717) is 13.1 Å². The molecule has 0 aromatic carbocycles. The van der Waals surface area contributed by atoms with Gasteiger partial charge in [-0.2, -0.15) is 4.31 Å². The van der Waals surface area contributed by atoms with Crippen LogP contribution >= 0.6 is 0 Å². The second-order valence-electron chi connectivity index (χ2n) is 5.53. The maximum Gasteiger partial charge on any atom is 0.242 e. The van der Waals surface area contributed by atoms with Crippen molar-refractivity contribution >= 4 is 21.8 Å². The van der Waals surface area contributed by atoms with E-state index in [1.54, 1.807) is 4.90 Å². The number of carbonyl (C=O) groups excluding carboxylic acids is 2. The molecule has 0 bridgehead atoms. The molecule has 0 unspecified atom stereocenters. The summed E-state index contributed by atoms with van der Waals surface area (Å²) >= 11 is 0. The molecule has 2 amide bonds. The zero-order valence-electron chi connectivity index (χ0n) is 12.7. The predicted molar refractivity (Wildman–Crippen MR) is 78.8 cm³/mol. The molecule has 0 aromatic rings. The minimum absolute atomic E-state index is 0.00147. The summed E-state index contributed by atoms with van der Waals surface area (Å²) in [6, 6.07) is -0.639. The van der Waals surface area contributed by atoms with Gasteiger partial charge in [-0.15, -0.1) is 0 Å². The zero-order chi connectivity index (χ0) is 16.2. The highest BCUT2D eigenvalue weighted by molar-refractivity contribution is 7.88. The number of nitrogens with one attached hydrogen (secondary N) is 1. The molecule has 3 N–H and O–H groups in total. The summed E-state index contributed by atoms with van der Waals surface area (Å²) in [5, 5.41) is 2.52. The monoisotopic (exact) mass is 320 g/mol. The first kappa shape index (κ1) is 17.9. The molecular weight excluding hydrogens is 296 g/mol. The number of hydrogen-bond acceptors (Lipinski definition) is 5. The summed E-state index contributed by atoms with van der Waals surface area (Å²) in [5.74, 6) is -0.584. The molecule has 9 heteroatoms. The van der Waals surface area contributed by atoms with Crippen LogP contribution in [0.1, 0.15) is 13.8 Å². The van der Waals surface area contributed by atoms with Crippen molar-refractivity contribution in [2.45, 2.75) is 19.9 Å². The van der Waals surface area contributed by atoms with Gasteiger partial charge >= 0.3 is 0 Å². The first-order valence-corrected chi connectivity index (χ1v) is 8.74. The minimum atomic E-state index is -3.21. The van der Waals surface area contributed by atoms with Crippen LogP contribution in [-0.4, -0.2) is 74.5 Å². The molecule has 21 heavy (non-hydrogen) atoms. The summed E-state index contributed by atoms with van der Waals surface area (Å²) in [4.78, 5) is 25.2. The number of sulfonamides is 1. The van der Waals surface area contributed by atoms with E-state index >= 15 is 0 Å². The van der Waals surface area contributed by atoms with Gasteiger partial charge in [0.1, 0.15) is 0 Å². The van der Waals surface area contributed by atoms with Crippen molar-refractivity contribution in [3.63, 3.8) is 0 Å². The summed E-state index contributed by atoms with van der Waals surface area (Å²) < 4.78 is 24.1. The number of carbonyl (C=O) groups is 2. The molecule has 0 spiro atoms. The quantitative estimate of drug-likeness (QED) is 0.620. The maximum absolute atomic E-state index is 12.0. The molecule has 0 aromatic heterocycles. The van der Waals surface area contributed by atoms with Crippen LogP contribution in [0.2, 0.25) is 0 Å². The fourth-order valence-corrected chi connectivity index (χ4v) is 2.79. The van der Waals surface area contributed by atoms with Gasteiger partial charge in [0.25, 0.3) is 0 Å². The fourth-order valence-electron chi connectivity index (χ4n) is 1.96. The number of piperazine rings is 1. The molecule has 0 aliphatic carbocycles. The van der Waals surface area contributed by atoms with Gasteiger partial charge in [-0.1, -0.05) is 13.8 Å². The van der Waals surface area contributed by atoms with Crippen molar-refractivity contribution in [3.05, 3.63) is 0 Å². The molecule has 1 heterocycles. The fraction of sp³-hybridized carbons (Fsp3) is 0.833. The van der Waals surface area contributed by atoms with E-state index in [9.17, 15) is 18.0 Å². The standard InChI is InChI=1S/C12H24N4O4S/c1-9(2)11(13)12(18)14-8-10(17)15-4-6-16(7-5-15)21(3,19)20/h9,11H,4-8,13H2,1-3H3,(H,14,18)/t11-/m0/s1. The third-order valence-electron chi connectivity index (χ3n) is 3.50. The summed E-state index contributed by atoms with van der Waals surface area (Å²) in [7, 11) is -3.21. The summed E-state index contributed by atoms with van der Waals surface area (Å²) in [6.45, 7) is 4.77. The van der Waals surface area contributed by atoms with Crippen LogP contribution in [0, 0.1) is 5.92 Å². The van der Waals surface area contributed by atoms with Gasteiger partial charge in [0.05, 0.1) is 18.8 Å². The van der Waals surface area contributed by atoms with Crippen molar-refractivity contribution < 1.29 is 18.0 Å². The van der Waals surface area contributed by atoms with Gasteiger partial charge < -0.3 is 16.0 Å². The highest BCUT2D eigenvalue weighted by Gasteiger charge is 2.26. The predicted octanol–water partition coefficient (Wildman–Crippen LogP) is -1.81. The molecule has 0 radical (unpaired) electrons. The Labute approximate surface area is 125 Å². The van der Waals surface area contributed by atoms with E-state index in [-0.39, 0.29) is 37.4 Å². The Kier molecular flexibility index (Phi) is 6.11. The lowest BCUT2D eigenvalue weighted by molar-refractivity contribution is -0.134. The van der Waals surface area contributed by atoms with Gasteiger partial charge in [-0.25, -0.2) is 8.42 Å². The van der Waals surface area contributed by atoms with Gasteiger partial charge in [0, 0.05) is 26.2 Å². The molecule has 1 aliphatic heterocycles. The molecule has 0 saturated carbocycles. The Morgan fingerprint density at radius 1 is 1.19 bits per heavy atom.